The van der Waals surface area contributed by atoms with Crippen molar-refractivity contribution in [2.45, 2.75) is 25.4 Å². The maximum Gasteiger partial charge on any atom is 0.0645 e. The van der Waals surface area contributed by atoms with Crippen LogP contribution in [0.3, 0.4) is 0 Å². The largest absolute Gasteiger partial charge is 0.295 e. The predicted octanol–water partition coefficient (Wildman–Crippen LogP) is 3.99. The number of rotatable bonds is 4. The molecule has 0 fully saturated rings. The highest BCUT2D eigenvalue weighted by atomic mass is 15.3. The first-order chi connectivity index (χ1) is 11.3. The molecule has 0 bridgehead atoms. The van der Waals surface area contributed by atoms with E-state index in [1.165, 1.54) is 29.5 Å². The van der Waals surface area contributed by atoms with Crippen LogP contribution in [0.2, 0.25) is 0 Å². The van der Waals surface area contributed by atoms with E-state index in [0.717, 1.165) is 12.2 Å². The molecule has 116 valence electrons. The Morgan fingerprint density at radius 1 is 1.09 bits per heavy atom. The maximum absolute atomic E-state index is 4.27. The number of aromatic nitrogens is 2. The number of aryl methyl sites for hydroxylation is 1. The van der Waals surface area contributed by atoms with Crippen LogP contribution >= 0.6 is 0 Å². The fourth-order valence-electron chi connectivity index (χ4n) is 3.57. The minimum absolute atomic E-state index is 0.539. The van der Waals surface area contributed by atoms with Gasteiger partial charge in [-0.1, -0.05) is 36.4 Å². The van der Waals surface area contributed by atoms with Crippen LogP contribution in [-0.4, -0.2) is 21.7 Å². The monoisotopic (exact) mass is 303 g/mol. The molecule has 2 aromatic carbocycles. The van der Waals surface area contributed by atoms with Crippen molar-refractivity contribution in [3.05, 3.63) is 83.7 Å². The number of hydrogen-bond acceptors (Lipinski definition) is 2. The van der Waals surface area contributed by atoms with Gasteiger partial charge >= 0.3 is 0 Å². The van der Waals surface area contributed by atoms with Gasteiger partial charge in [-0.05, 0) is 54.8 Å². The maximum atomic E-state index is 4.27. The quantitative estimate of drug-likeness (QED) is 0.726. The predicted molar refractivity (Wildman–Crippen MR) is 92.5 cm³/mol. The molecule has 0 saturated carbocycles. The number of nitrogens with zero attached hydrogens (tertiary/aromatic N) is 3. The Morgan fingerprint density at radius 2 is 1.91 bits per heavy atom. The second-order valence-corrected chi connectivity index (χ2v) is 6.29. The van der Waals surface area contributed by atoms with Crippen LogP contribution in [0.25, 0.3) is 5.69 Å². The van der Waals surface area contributed by atoms with Crippen LogP contribution in [-0.2, 0) is 13.0 Å². The summed E-state index contributed by atoms with van der Waals surface area (Å²) in [7, 11) is 2.23. The van der Waals surface area contributed by atoms with Crippen molar-refractivity contribution < 1.29 is 0 Å². The molecular formula is C20H21N3. The third-order valence-electron chi connectivity index (χ3n) is 4.77. The van der Waals surface area contributed by atoms with Crippen molar-refractivity contribution in [2.24, 2.45) is 0 Å². The van der Waals surface area contributed by atoms with Gasteiger partial charge in [0.1, 0.15) is 0 Å². The van der Waals surface area contributed by atoms with Crippen molar-refractivity contribution in [3.8, 4) is 5.69 Å². The molecule has 0 radical (unpaired) electrons. The van der Waals surface area contributed by atoms with E-state index in [-0.39, 0.29) is 0 Å². The zero-order valence-corrected chi connectivity index (χ0v) is 13.4. The van der Waals surface area contributed by atoms with Crippen molar-refractivity contribution in [3.63, 3.8) is 0 Å². The smallest absolute Gasteiger partial charge is 0.0645 e. The molecule has 0 amide bonds. The summed E-state index contributed by atoms with van der Waals surface area (Å²) in [4.78, 5) is 2.47. The molecule has 0 unspecified atom stereocenters. The lowest BCUT2D eigenvalue weighted by molar-refractivity contribution is 0.236. The van der Waals surface area contributed by atoms with Crippen LogP contribution in [0.5, 0.6) is 0 Å². The molecular weight excluding hydrogens is 282 g/mol. The van der Waals surface area contributed by atoms with Crippen LogP contribution in [0.15, 0.2) is 67.0 Å². The van der Waals surface area contributed by atoms with Gasteiger partial charge < -0.3 is 0 Å². The zero-order valence-electron chi connectivity index (χ0n) is 13.4. The van der Waals surface area contributed by atoms with E-state index in [0.29, 0.717) is 6.04 Å². The highest BCUT2D eigenvalue weighted by molar-refractivity contribution is 5.36. The van der Waals surface area contributed by atoms with Crippen LogP contribution in [0, 0.1) is 0 Å². The van der Waals surface area contributed by atoms with Gasteiger partial charge in [-0.15, -0.1) is 0 Å². The second-order valence-electron chi connectivity index (χ2n) is 6.29. The van der Waals surface area contributed by atoms with Crippen LogP contribution in [0.4, 0.5) is 0 Å². The average molecular weight is 303 g/mol. The van der Waals surface area contributed by atoms with E-state index < -0.39 is 0 Å². The summed E-state index contributed by atoms with van der Waals surface area (Å²) >= 11 is 0. The Kier molecular flexibility index (Phi) is 3.72. The minimum Gasteiger partial charge on any atom is -0.295 e. The Balaban J connectivity index is 1.48. The lowest BCUT2D eigenvalue weighted by atomic mass is 10.1. The molecule has 1 aliphatic carbocycles. The Bertz CT molecular complexity index is 775. The van der Waals surface area contributed by atoms with E-state index in [1.807, 2.05) is 16.9 Å². The average Bonchev–Trinajstić information content (AvgIpc) is 3.25. The summed E-state index contributed by atoms with van der Waals surface area (Å²) in [5.41, 5.74) is 5.46. The highest BCUT2D eigenvalue weighted by Crippen LogP contribution is 2.35. The van der Waals surface area contributed by atoms with Crippen molar-refractivity contribution in [2.75, 3.05) is 7.05 Å². The summed E-state index contributed by atoms with van der Waals surface area (Å²) in [6.45, 7) is 0.971. The molecule has 1 aliphatic rings. The number of hydrogen-bond donors (Lipinski definition) is 0. The van der Waals surface area contributed by atoms with Gasteiger partial charge in [0.05, 0.1) is 5.69 Å². The molecule has 3 nitrogen and oxygen atoms in total. The molecule has 1 aromatic heterocycles. The minimum atomic E-state index is 0.539. The second kappa shape index (κ2) is 6.01. The third-order valence-corrected chi connectivity index (χ3v) is 4.77. The lowest BCUT2D eigenvalue weighted by Gasteiger charge is -2.25. The van der Waals surface area contributed by atoms with Crippen molar-refractivity contribution in [1.29, 1.82) is 0 Å². The van der Waals surface area contributed by atoms with Gasteiger partial charge in [0.15, 0.2) is 0 Å². The first-order valence-electron chi connectivity index (χ1n) is 8.18. The molecule has 0 spiro atoms. The van der Waals surface area contributed by atoms with Gasteiger partial charge in [-0.2, -0.15) is 5.10 Å². The van der Waals surface area contributed by atoms with E-state index in [1.54, 1.807) is 6.20 Å². The molecule has 4 rings (SSSR count). The van der Waals surface area contributed by atoms with Crippen LogP contribution in [0.1, 0.15) is 29.2 Å². The zero-order chi connectivity index (χ0) is 15.6. The summed E-state index contributed by atoms with van der Waals surface area (Å²) in [5.74, 6) is 0. The SMILES string of the molecule is CN(Cc1ccc(-n2cccn2)cc1)[C@@H]1CCc2ccccc21. The highest BCUT2D eigenvalue weighted by Gasteiger charge is 2.25. The lowest BCUT2D eigenvalue weighted by Crippen LogP contribution is -2.22. The Hall–Kier alpha value is -2.39. The Labute approximate surface area is 137 Å². The molecule has 1 heterocycles. The standard InChI is InChI=1S/C20H21N3/c1-22(20-12-9-17-5-2-3-6-19(17)20)15-16-7-10-18(11-8-16)23-14-4-13-21-23/h2-8,10-11,13-14,20H,9,12,15H2,1H3/t20-/m1/s1. The fraction of sp³-hybridized carbons (Fsp3) is 0.250. The first-order valence-corrected chi connectivity index (χ1v) is 8.18. The van der Waals surface area contributed by atoms with Crippen LogP contribution < -0.4 is 0 Å². The van der Waals surface area contributed by atoms with E-state index in [2.05, 4.69) is 65.6 Å². The van der Waals surface area contributed by atoms with Gasteiger partial charge in [-0.25, -0.2) is 4.68 Å². The molecule has 23 heavy (non-hydrogen) atoms. The van der Waals surface area contributed by atoms with Gasteiger partial charge in [0, 0.05) is 25.0 Å². The molecule has 1 atom stereocenters. The summed E-state index contributed by atoms with van der Waals surface area (Å²) in [5, 5.41) is 4.27. The van der Waals surface area contributed by atoms with Crippen molar-refractivity contribution in [1.82, 2.24) is 14.7 Å². The van der Waals surface area contributed by atoms with Crippen molar-refractivity contribution >= 4 is 0 Å². The van der Waals surface area contributed by atoms with Gasteiger partial charge in [0.2, 0.25) is 0 Å². The van der Waals surface area contributed by atoms with E-state index in [9.17, 15) is 0 Å². The van der Waals surface area contributed by atoms with E-state index in [4.69, 9.17) is 0 Å². The third kappa shape index (κ3) is 2.80. The molecule has 0 aliphatic heterocycles. The normalized spacial score (nSPS) is 16.7. The van der Waals surface area contributed by atoms with Gasteiger partial charge in [-0.3, -0.25) is 4.90 Å². The fourth-order valence-corrected chi connectivity index (χ4v) is 3.57. The van der Waals surface area contributed by atoms with Gasteiger partial charge in [0.25, 0.3) is 0 Å². The molecule has 0 N–H and O–H groups in total. The summed E-state index contributed by atoms with van der Waals surface area (Å²) in [6.07, 6.45) is 6.19. The molecule has 0 saturated heterocycles. The molecule has 3 heteroatoms. The number of fused-ring (bicyclic) bond motifs is 1. The summed E-state index contributed by atoms with van der Waals surface area (Å²) < 4.78 is 1.89. The topological polar surface area (TPSA) is 21.1 Å². The Morgan fingerprint density at radius 3 is 2.70 bits per heavy atom. The van der Waals surface area contributed by atoms with E-state index >= 15 is 0 Å². The molecule has 3 aromatic rings. The summed E-state index contributed by atoms with van der Waals surface area (Å²) in [6, 6.07) is 20.0. The number of benzene rings is 2. The first kappa shape index (κ1) is 14.2.